The number of rotatable bonds is 0. The summed E-state index contributed by atoms with van der Waals surface area (Å²) < 4.78 is 0. The van der Waals surface area contributed by atoms with Crippen molar-refractivity contribution in [3.63, 3.8) is 0 Å². The summed E-state index contributed by atoms with van der Waals surface area (Å²) in [6, 6.07) is 0.616. The molecule has 0 aliphatic carbocycles. The monoisotopic (exact) mass is 234 g/mol. The average Bonchev–Trinajstić information content (AvgIpc) is 2.59. The molecule has 0 spiro atoms. The van der Waals surface area contributed by atoms with Crippen molar-refractivity contribution in [2.75, 3.05) is 13.1 Å². The fourth-order valence-electron chi connectivity index (χ4n) is 2.92. The van der Waals surface area contributed by atoms with Gasteiger partial charge in [-0.3, -0.25) is 9.89 Å². The van der Waals surface area contributed by atoms with Gasteiger partial charge in [-0.05, 0) is 43.8 Å². The van der Waals surface area contributed by atoms with E-state index in [1.165, 1.54) is 12.0 Å². The molecule has 2 rings (SSSR count). The second-order valence-electron chi connectivity index (χ2n) is 7.48. The summed E-state index contributed by atoms with van der Waals surface area (Å²) in [6.45, 7) is 16.1. The summed E-state index contributed by atoms with van der Waals surface area (Å²) in [5.41, 5.74) is 3.60. The summed E-state index contributed by atoms with van der Waals surface area (Å²) in [5.74, 6) is 0. The number of aliphatic imine (C=N–C) groups is 1. The van der Waals surface area contributed by atoms with E-state index < -0.39 is 0 Å². The van der Waals surface area contributed by atoms with Crippen LogP contribution in [0.25, 0.3) is 0 Å². The summed E-state index contributed by atoms with van der Waals surface area (Å²) in [5, 5.41) is 0. The van der Waals surface area contributed by atoms with Gasteiger partial charge in [0.1, 0.15) is 0 Å². The Labute approximate surface area is 106 Å². The van der Waals surface area contributed by atoms with E-state index in [1.807, 2.05) is 0 Å². The van der Waals surface area contributed by atoms with Crippen molar-refractivity contribution in [2.24, 2.45) is 10.4 Å². The highest BCUT2D eigenvalue weighted by Gasteiger charge is 2.40. The van der Waals surface area contributed by atoms with Crippen LogP contribution < -0.4 is 0 Å². The molecule has 2 nitrogen and oxygen atoms in total. The summed E-state index contributed by atoms with van der Waals surface area (Å²) in [4.78, 5) is 7.10. The lowest BCUT2D eigenvalue weighted by Gasteiger charge is -2.50. The van der Waals surface area contributed by atoms with E-state index in [4.69, 9.17) is 0 Å². The molecule has 0 fully saturated rings. The Balaban J connectivity index is 2.31. The quantitative estimate of drug-likeness (QED) is 0.628. The molecule has 0 aromatic carbocycles. The van der Waals surface area contributed by atoms with Crippen LogP contribution in [0.2, 0.25) is 0 Å². The standard InChI is InChI=1S/C15H26N2/c1-14(2,3)13-7-11-8-16-9-12(11)10-17(13)15(4,5)6/h8,13H,7,9-10H2,1-6H3. The molecular weight excluding hydrogens is 208 g/mol. The van der Waals surface area contributed by atoms with Crippen molar-refractivity contribution >= 4 is 6.21 Å². The predicted octanol–water partition coefficient (Wildman–Crippen LogP) is 3.29. The topological polar surface area (TPSA) is 15.6 Å². The van der Waals surface area contributed by atoms with Crippen LogP contribution in [0, 0.1) is 5.41 Å². The highest BCUT2D eigenvalue weighted by molar-refractivity contribution is 5.83. The van der Waals surface area contributed by atoms with E-state index in [1.54, 1.807) is 5.57 Å². The fourth-order valence-corrected chi connectivity index (χ4v) is 2.92. The Hall–Kier alpha value is -0.630. The molecule has 1 unspecified atom stereocenters. The van der Waals surface area contributed by atoms with Crippen LogP contribution in [0.15, 0.2) is 16.1 Å². The number of hydrogen-bond donors (Lipinski definition) is 0. The van der Waals surface area contributed by atoms with Gasteiger partial charge in [-0.15, -0.1) is 0 Å². The van der Waals surface area contributed by atoms with Crippen LogP contribution >= 0.6 is 0 Å². The predicted molar refractivity (Wildman–Crippen MR) is 74.7 cm³/mol. The molecule has 0 bridgehead atoms. The van der Waals surface area contributed by atoms with Crippen molar-refractivity contribution in [1.29, 1.82) is 0 Å². The lowest BCUT2D eigenvalue weighted by Crippen LogP contribution is -2.55. The zero-order valence-electron chi connectivity index (χ0n) is 12.2. The summed E-state index contributed by atoms with van der Waals surface area (Å²) in [7, 11) is 0. The van der Waals surface area contributed by atoms with Gasteiger partial charge in [0.2, 0.25) is 0 Å². The van der Waals surface area contributed by atoms with Crippen LogP contribution in [-0.4, -0.2) is 35.8 Å². The average molecular weight is 234 g/mol. The first-order valence-corrected chi connectivity index (χ1v) is 6.67. The Morgan fingerprint density at radius 1 is 1.18 bits per heavy atom. The first kappa shape index (κ1) is 12.8. The van der Waals surface area contributed by atoms with Crippen LogP contribution in [0.5, 0.6) is 0 Å². The summed E-state index contributed by atoms with van der Waals surface area (Å²) in [6.07, 6.45) is 3.27. The van der Waals surface area contributed by atoms with E-state index in [0.29, 0.717) is 11.5 Å². The Morgan fingerprint density at radius 3 is 2.35 bits per heavy atom. The third-order valence-corrected chi connectivity index (χ3v) is 4.00. The molecule has 0 N–H and O–H groups in total. The van der Waals surface area contributed by atoms with E-state index in [-0.39, 0.29) is 5.54 Å². The van der Waals surface area contributed by atoms with Gasteiger partial charge in [0.15, 0.2) is 0 Å². The minimum Gasteiger partial charge on any atom is -0.291 e. The molecule has 0 amide bonds. The maximum absolute atomic E-state index is 4.44. The molecule has 0 saturated heterocycles. The van der Waals surface area contributed by atoms with Crippen molar-refractivity contribution in [1.82, 2.24) is 4.90 Å². The van der Waals surface area contributed by atoms with Gasteiger partial charge in [0, 0.05) is 24.3 Å². The highest BCUT2D eigenvalue weighted by Crippen LogP contribution is 2.38. The van der Waals surface area contributed by atoms with Crippen molar-refractivity contribution in [3.05, 3.63) is 11.1 Å². The molecule has 2 aliphatic heterocycles. The van der Waals surface area contributed by atoms with E-state index in [9.17, 15) is 0 Å². The molecule has 2 heteroatoms. The molecule has 0 aromatic heterocycles. The van der Waals surface area contributed by atoms with Crippen LogP contribution in [0.4, 0.5) is 0 Å². The summed E-state index contributed by atoms with van der Waals surface area (Å²) >= 11 is 0. The lowest BCUT2D eigenvalue weighted by atomic mass is 9.77. The first-order valence-electron chi connectivity index (χ1n) is 6.67. The maximum Gasteiger partial charge on any atom is 0.0618 e. The Morgan fingerprint density at radius 2 is 1.82 bits per heavy atom. The number of hydrogen-bond acceptors (Lipinski definition) is 2. The van der Waals surface area contributed by atoms with Gasteiger partial charge in [-0.1, -0.05) is 20.8 Å². The molecular formula is C15H26N2. The number of nitrogens with zero attached hydrogens (tertiary/aromatic N) is 2. The molecule has 0 radical (unpaired) electrons. The van der Waals surface area contributed by atoms with Gasteiger partial charge >= 0.3 is 0 Å². The van der Waals surface area contributed by atoms with Gasteiger partial charge in [0.05, 0.1) is 6.54 Å². The first-order chi connectivity index (χ1) is 7.69. The maximum atomic E-state index is 4.44. The molecule has 0 aromatic rings. The fraction of sp³-hybridized carbons (Fsp3) is 0.800. The smallest absolute Gasteiger partial charge is 0.0618 e. The van der Waals surface area contributed by atoms with Crippen molar-refractivity contribution in [3.8, 4) is 0 Å². The van der Waals surface area contributed by atoms with Crippen LogP contribution in [-0.2, 0) is 0 Å². The minimum absolute atomic E-state index is 0.235. The second kappa shape index (κ2) is 3.94. The van der Waals surface area contributed by atoms with E-state index in [2.05, 4.69) is 57.6 Å². The molecule has 17 heavy (non-hydrogen) atoms. The van der Waals surface area contributed by atoms with Gasteiger partial charge in [0.25, 0.3) is 0 Å². The van der Waals surface area contributed by atoms with Crippen molar-refractivity contribution in [2.45, 2.75) is 59.5 Å². The van der Waals surface area contributed by atoms with Crippen LogP contribution in [0.1, 0.15) is 48.0 Å². The van der Waals surface area contributed by atoms with E-state index in [0.717, 1.165) is 13.1 Å². The SMILES string of the molecule is CC(C)(C)C1CC2=C(CN=C2)CN1C(C)(C)C. The van der Waals surface area contributed by atoms with Crippen molar-refractivity contribution < 1.29 is 0 Å². The van der Waals surface area contributed by atoms with E-state index >= 15 is 0 Å². The Bertz CT molecular complexity index is 363. The lowest BCUT2D eigenvalue weighted by molar-refractivity contribution is 0.0247. The zero-order chi connectivity index (χ0) is 12.8. The Kier molecular flexibility index (Phi) is 2.97. The van der Waals surface area contributed by atoms with Crippen LogP contribution in [0.3, 0.4) is 0 Å². The normalized spacial score (nSPS) is 26.6. The molecule has 2 aliphatic rings. The molecule has 96 valence electrons. The third-order valence-electron chi connectivity index (χ3n) is 4.00. The van der Waals surface area contributed by atoms with Gasteiger partial charge in [-0.25, -0.2) is 0 Å². The highest BCUT2D eigenvalue weighted by atomic mass is 15.2. The second-order valence-corrected chi connectivity index (χ2v) is 7.48. The third kappa shape index (κ3) is 2.47. The van der Waals surface area contributed by atoms with Gasteiger partial charge in [-0.2, -0.15) is 0 Å². The largest absolute Gasteiger partial charge is 0.291 e. The minimum atomic E-state index is 0.235. The molecule has 2 heterocycles. The van der Waals surface area contributed by atoms with Gasteiger partial charge < -0.3 is 0 Å². The molecule has 0 saturated carbocycles. The zero-order valence-corrected chi connectivity index (χ0v) is 12.2. The molecule has 1 atom stereocenters.